The van der Waals surface area contributed by atoms with Crippen molar-refractivity contribution in [1.29, 1.82) is 0 Å². The van der Waals surface area contributed by atoms with Crippen LogP contribution in [0.5, 0.6) is 5.75 Å². The van der Waals surface area contributed by atoms with Gasteiger partial charge in [-0.3, -0.25) is 0 Å². The van der Waals surface area contributed by atoms with E-state index in [0.717, 1.165) is 25.7 Å². The van der Waals surface area contributed by atoms with Gasteiger partial charge in [0, 0.05) is 24.3 Å². The van der Waals surface area contributed by atoms with Crippen molar-refractivity contribution in [2.24, 2.45) is 16.1 Å². The first kappa shape index (κ1) is 16.9. The molecule has 2 atom stereocenters. The van der Waals surface area contributed by atoms with Crippen LogP contribution in [0.15, 0.2) is 29.3 Å². The number of aliphatic imine (C=N–C) groups is 1. The number of anilines is 1. The lowest BCUT2D eigenvalue weighted by molar-refractivity contribution is -0.274. The van der Waals surface area contributed by atoms with E-state index in [0.29, 0.717) is 5.69 Å². The predicted molar refractivity (Wildman–Crippen MR) is 83.9 cm³/mol. The van der Waals surface area contributed by atoms with Crippen molar-refractivity contribution in [1.82, 2.24) is 0 Å². The molecule has 2 unspecified atom stereocenters. The minimum atomic E-state index is -4.73. The van der Waals surface area contributed by atoms with Gasteiger partial charge in [0.1, 0.15) is 5.75 Å². The monoisotopic (exact) mass is 343 g/mol. The number of nitrogens with zero attached hydrogens (tertiary/aromatic N) is 1. The Morgan fingerprint density at radius 2 is 2.12 bits per heavy atom. The molecule has 2 aliphatic carbocycles. The van der Waals surface area contributed by atoms with Crippen LogP contribution in [0, 0.1) is 5.41 Å². The van der Waals surface area contributed by atoms with Gasteiger partial charge in [-0.2, -0.15) is 0 Å². The van der Waals surface area contributed by atoms with Gasteiger partial charge in [0.25, 0.3) is 0 Å². The van der Waals surface area contributed by atoms with Gasteiger partial charge in [-0.15, -0.1) is 13.2 Å². The Hall–Kier alpha value is -1.96. The topological polar surface area (TPSA) is 68.9 Å². The van der Waals surface area contributed by atoms with Crippen molar-refractivity contribution in [3.8, 4) is 5.75 Å². The lowest BCUT2D eigenvalue weighted by atomic mass is 9.51. The van der Waals surface area contributed by atoms with Crippen LogP contribution in [0.4, 0.5) is 18.9 Å². The number of guanidine groups is 1. The standard InChI is InChI=1S/C16H20F3N3O2/c1-23-13-9-12(15(13)6-3-7-15)22-14(20)21-10-4-2-5-11(8-10)24-16(17,18)19/h2,4-5,8,12-13H,3,6-7,9H2,1H3,(H3,20,21,22). The Kier molecular flexibility index (Phi) is 4.33. The van der Waals surface area contributed by atoms with Gasteiger partial charge in [0.15, 0.2) is 5.96 Å². The van der Waals surface area contributed by atoms with E-state index in [-0.39, 0.29) is 29.3 Å². The molecule has 1 aromatic rings. The highest BCUT2D eigenvalue weighted by atomic mass is 19.4. The molecule has 24 heavy (non-hydrogen) atoms. The van der Waals surface area contributed by atoms with E-state index in [4.69, 9.17) is 10.5 Å². The summed E-state index contributed by atoms with van der Waals surface area (Å²) < 4.78 is 46.1. The molecule has 0 aromatic heterocycles. The maximum absolute atomic E-state index is 12.3. The molecule has 8 heteroatoms. The number of halogens is 3. The molecular weight excluding hydrogens is 323 g/mol. The molecule has 3 N–H and O–H groups in total. The predicted octanol–water partition coefficient (Wildman–Crippen LogP) is 3.27. The minimum absolute atomic E-state index is 0.0856. The highest BCUT2D eigenvalue weighted by molar-refractivity contribution is 5.92. The molecule has 1 spiro atoms. The van der Waals surface area contributed by atoms with Crippen molar-refractivity contribution in [2.75, 3.05) is 12.4 Å². The van der Waals surface area contributed by atoms with Crippen molar-refractivity contribution in [3.63, 3.8) is 0 Å². The second kappa shape index (κ2) is 6.16. The Morgan fingerprint density at radius 1 is 1.38 bits per heavy atom. The number of rotatable bonds is 4. The number of nitrogens with one attached hydrogen (secondary N) is 1. The second-order valence-corrected chi connectivity index (χ2v) is 6.28. The van der Waals surface area contributed by atoms with Crippen molar-refractivity contribution >= 4 is 11.6 Å². The van der Waals surface area contributed by atoms with Gasteiger partial charge in [-0.05, 0) is 31.4 Å². The van der Waals surface area contributed by atoms with Crippen LogP contribution in [0.3, 0.4) is 0 Å². The minimum Gasteiger partial charge on any atom is -0.406 e. The summed E-state index contributed by atoms with van der Waals surface area (Å²) in [5.41, 5.74) is 6.39. The molecule has 2 saturated carbocycles. The molecule has 0 radical (unpaired) electrons. The number of alkyl halides is 3. The van der Waals surface area contributed by atoms with Crippen LogP contribution in [0.25, 0.3) is 0 Å². The summed E-state index contributed by atoms with van der Waals surface area (Å²) in [6, 6.07) is 5.61. The average Bonchev–Trinajstić information content (AvgIpc) is 2.39. The smallest absolute Gasteiger partial charge is 0.406 e. The van der Waals surface area contributed by atoms with E-state index in [1.165, 1.54) is 18.2 Å². The zero-order valence-electron chi connectivity index (χ0n) is 13.3. The number of benzene rings is 1. The molecule has 1 aromatic carbocycles. The van der Waals surface area contributed by atoms with E-state index in [9.17, 15) is 13.2 Å². The molecule has 0 heterocycles. The summed E-state index contributed by atoms with van der Waals surface area (Å²) in [7, 11) is 1.71. The highest BCUT2D eigenvalue weighted by Gasteiger charge is 2.59. The fraction of sp³-hybridized carbons (Fsp3) is 0.562. The maximum Gasteiger partial charge on any atom is 0.573 e. The molecule has 3 rings (SSSR count). The largest absolute Gasteiger partial charge is 0.573 e. The number of hydrogen-bond acceptors (Lipinski definition) is 3. The number of nitrogens with two attached hydrogens (primary N) is 1. The Morgan fingerprint density at radius 3 is 2.71 bits per heavy atom. The van der Waals surface area contributed by atoms with Crippen LogP contribution in [0.2, 0.25) is 0 Å². The maximum atomic E-state index is 12.3. The van der Waals surface area contributed by atoms with Gasteiger partial charge >= 0.3 is 6.36 Å². The lowest BCUT2D eigenvalue weighted by Gasteiger charge is -2.59. The van der Waals surface area contributed by atoms with Crippen LogP contribution >= 0.6 is 0 Å². The van der Waals surface area contributed by atoms with Gasteiger partial charge in [-0.1, -0.05) is 12.5 Å². The third-order valence-corrected chi connectivity index (χ3v) is 4.95. The SMILES string of the molecule is COC1CC(N=C(N)Nc2cccc(OC(F)(F)F)c2)C12CCC2. The van der Waals surface area contributed by atoms with E-state index >= 15 is 0 Å². The van der Waals surface area contributed by atoms with Gasteiger partial charge < -0.3 is 20.5 Å². The molecule has 0 aliphatic heterocycles. The van der Waals surface area contributed by atoms with E-state index in [2.05, 4.69) is 15.0 Å². The summed E-state index contributed by atoms with van der Waals surface area (Å²) in [6.07, 6.45) is -0.387. The first-order valence-corrected chi connectivity index (χ1v) is 7.81. The molecule has 2 aliphatic rings. The lowest BCUT2D eigenvalue weighted by Crippen LogP contribution is -2.61. The second-order valence-electron chi connectivity index (χ2n) is 6.28. The van der Waals surface area contributed by atoms with Crippen LogP contribution < -0.4 is 15.8 Å². The Balaban J connectivity index is 1.65. The normalized spacial score (nSPS) is 25.8. The summed E-state index contributed by atoms with van der Waals surface area (Å²) in [4.78, 5) is 4.50. The third kappa shape index (κ3) is 3.28. The van der Waals surface area contributed by atoms with Crippen molar-refractivity contribution < 1.29 is 22.6 Å². The molecule has 2 fully saturated rings. The summed E-state index contributed by atoms with van der Waals surface area (Å²) in [6.45, 7) is 0. The van der Waals surface area contributed by atoms with E-state index in [1.54, 1.807) is 13.2 Å². The molecule has 0 bridgehead atoms. The summed E-state index contributed by atoms with van der Waals surface area (Å²) >= 11 is 0. The van der Waals surface area contributed by atoms with Crippen molar-refractivity contribution in [2.45, 2.75) is 44.2 Å². The third-order valence-electron chi connectivity index (χ3n) is 4.95. The van der Waals surface area contributed by atoms with E-state index < -0.39 is 6.36 Å². The van der Waals surface area contributed by atoms with Gasteiger partial charge in [-0.25, -0.2) is 4.99 Å². The quantitative estimate of drug-likeness (QED) is 0.650. The van der Waals surface area contributed by atoms with Crippen LogP contribution in [-0.4, -0.2) is 31.6 Å². The molecule has 0 amide bonds. The van der Waals surface area contributed by atoms with E-state index in [1.807, 2.05) is 0 Å². The fourth-order valence-corrected chi connectivity index (χ4v) is 3.60. The molecule has 5 nitrogen and oxygen atoms in total. The molecule has 0 saturated heterocycles. The van der Waals surface area contributed by atoms with Crippen LogP contribution in [0.1, 0.15) is 25.7 Å². The average molecular weight is 343 g/mol. The first-order chi connectivity index (χ1) is 11.3. The molecule has 132 valence electrons. The van der Waals surface area contributed by atoms with Gasteiger partial charge in [0.05, 0.1) is 12.1 Å². The van der Waals surface area contributed by atoms with Crippen LogP contribution in [-0.2, 0) is 4.74 Å². The fourth-order valence-electron chi connectivity index (χ4n) is 3.60. The highest BCUT2D eigenvalue weighted by Crippen LogP contribution is 2.58. The van der Waals surface area contributed by atoms with Crippen molar-refractivity contribution in [3.05, 3.63) is 24.3 Å². The first-order valence-electron chi connectivity index (χ1n) is 7.81. The zero-order chi connectivity index (χ0) is 17.4. The number of methoxy groups -OCH3 is 1. The Labute approximate surface area is 138 Å². The van der Waals surface area contributed by atoms with Gasteiger partial charge in [0.2, 0.25) is 0 Å². The molecular formula is C16H20F3N3O2. The number of hydrogen-bond donors (Lipinski definition) is 2. The zero-order valence-corrected chi connectivity index (χ0v) is 13.3. The Bertz CT molecular complexity index is 629. The summed E-state index contributed by atoms with van der Waals surface area (Å²) in [5, 5.41) is 2.83. The number of ether oxygens (including phenoxy) is 2. The summed E-state index contributed by atoms with van der Waals surface area (Å²) in [5.74, 6) is -0.121.